The molecule has 0 bridgehead atoms. The molecule has 1 aromatic rings. The highest BCUT2D eigenvalue weighted by molar-refractivity contribution is 14.0. The zero-order chi connectivity index (χ0) is 20.7. The number of aliphatic imine (C=N–C) groups is 1. The molecular formula is C21H33F3IN5. The zero-order valence-corrected chi connectivity index (χ0v) is 19.9. The summed E-state index contributed by atoms with van der Waals surface area (Å²) in [4.78, 5) is 8.54. The van der Waals surface area contributed by atoms with E-state index in [0.717, 1.165) is 12.1 Å². The maximum atomic E-state index is 12.6. The van der Waals surface area contributed by atoms with E-state index < -0.39 is 12.7 Å². The second kappa shape index (κ2) is 12.1. The lowest BCUT2D eigenvalue weighted by molar-refractivity contribution is -0.143. The summed E-state index contributed by atoms with van der Waals surface area (Å²) >= 11 is 0. The molecule has 1 atom stereocenters. The fourth-order valence-corrected chi connectivity index (χ4v) is 3.98. The Morgan fingerprint density at radius 3 is 2.37 bits per heavy atom. The van der Waals surface area contributed by atoms with Crippen molar-refractivity contribution in [3.8, 4) is 0 Å². The van der Waals surface area contributed by atoms with E-state index in [9.17, 15) is 13.2 Å². The standard InChI is InChI=1S/C21H32F3N5.HI/c1-2-25-20(27-19-9-12-29(15-19)16-21(22,23)24)26-13-17-5-7-18(8-6-17)14-28-10-3-4-11-28;/h5-8,19H,2-4,9-16H2,1H3,(H2,25,26,27);1H. The first-order valence-corrected chi connectivity index (χ1v) is 10.6. The molecule has 9 heteroatoms. The number of nitrogens with zero attached hydrogens (tertiary/aromatic N) is 3. The highest BCUT2D eigenvalue weighted by atomic mass is 127. The topological polar surface area (TPSA) is 42.9 Å². The maximum Gasteiger partial charge on any atom is 0.401 e. The van der Waals surface area contributed by atoms with Gasteiger partial charge in [0, 0.05) is 32.2 Å². The van der Waals surface area contributed by atoms with Crippen molar-refractivity contribution in [2.24, 2.45) is 4.99 Å². The second-order valence-corrected chi connectivity index (χ2v) is 7.98. The summed E-state index contributed by atoms with van der Waals surface area (Å²) in [6, 6.07) is 8.53. The van der Waals surface area contributed by atoms with Crippen molar-refractivity contribution in [2.75, 3.05) is 39.3 Å². The SMILES string of the molecule is CCNC(=NCc1ccc(CN2CCCC2)cc1)NC1CCN(CC(F)(F)F)C1.I. The third-order valence-corrected chi connectivity index (χ3v) is 5.41. The number of likely N-dealkylation sites (tertiary alicyclic amines) is 2. The molecule has 0 spiro atoms. The van der Waals surface area contributed by atoms with E-state index in [1.165, 1.54) is 36.4 Å². The van der Waals surface area contributed by atoms with Gasteiger partial charge < -0.3 is 10.6 Å². The smallest absolute Gasteiger partial charge is 0.357 e. The summed E-state index contributed by atoms with van der Waals surface area (Å²) < 4.78 is 37.7. The Morgan fingerprint density at radius 1 is 1.07 bits per heavy atom. The van der Waals surface area contributed by atoms with Gasteiger partial charge in [-0.25, -0.2) is 4.99 Å². The van der Waals surface area contributed by atoms with Crippen LogP contribution in [0.5, 0.6) is 0 Å². The van der Waals surface area contributed by atoms with Crippen LogP contribution in [0.15, 0.2) is 29.3 Å². The molecule has 2 aliphatic rings. The average molecular weight is 539 g/mol. The van der Waals surface area contributed by atoms with Crippen LogP contribution < -0.4 is 10.6 Å². The number of benzene rings is 1. The fourth-order valence-electron chi connectivity index (χ4n) is 3.98. The Balaban J connectivity index is 0.00000320. The second-order valence-electron chi connectivity index (χ2n) is 7.98. The number of hydrogen-bond donors (Lipinski definition) is 2. The molecule has 2 saturated heterocycles. The summed E-state index contributed by atoms with van der Waals surface area (Å²) in [6.07, 6.45) is -0.871. The van der Waals surface area contributed by atoms with E-state index in [4.69, 9.17) is 0 Å². The Morgan fingerprint density at radius 2 is 1.73 bits per heavy atom. The van der Waals surface area contributed by atoms with Crippen LogP contribution in [0.4, 0.5) is 13.2 Å². The van der Waals surface area contributed by atoms with Crippen LogP contribution in [0.25, 0.3) is 0 Å². The Labute approximate surface area is 194 Å². The molecule has 30 heavy (non-hydrogen) atoms. The molecule has 3 rings (SSSR count). The first kappa shape index (κ1) is 25.2. The Bertz CT molecular complexity index is 660. The van der Waals surface area contributed by atoms with Crippen LogP contribution >= 0.6 is 24.0 Å². The zero-order valence-electron chi connectivity index (χ0n) is 17.5. The molecule has 1 aromatic carbocycles. The van der Waals surface area contributed by atoms with Crippen LogP contribution in [-0.2, 0) is 13.1 Å². The summed E-state index contributed by atoms with van der Waals surface area (Å²) in [6.45, 7) is 6.60. The molecule has 2 fully saturated rings. The Hall–Kier alpha value is -1.07. The van der Waals surface area contributed by atoms with Gasteiger partial charge in [-0.2, -0.15) is 13.2 Å². The predicted octanol–water partition coefficient (Wildman–Crippen LogP) is 3.59. The van der Waals surface area contributed by atoms with Gasteiger partial charge in [0.25, 0.3) is 0 Å². The summed E-state index contributed by atoms with van der Waals surface area (Å²) in [5.74, 6) is 0.660. The first-order valence-electron chi connectivity index (χ1n) is 10.6. The third kappa shape index (κ3) is 8.58. The molecule has 1 unspecified atom stereocenters. The number of alkyl halides is 3. The number of hydrogen-bond acceptors (Lipinski definition) is 3. The van der Waals surface area contributed by atoms with Crippen molar-refractivity contribution >= 4 is 29.9 Å². The van der Waals surface area contributed by atoms with Gasteiger partial charge in [0.15, 0.2) is 5.96 Å². The molecule has 0 saturated carbocycles. The van der Waals surface area contributed by atoms with Crippen LogP contribution in [0, 0.1) is 0 Å². The third-order valence-electron chi connectivity index (χ3n) is 5.41. The van der Waals surface area contributed by atoms with Gasteiger partial charge in [-0.05, 0) is 50.4 Å². The summed E-state index contributed by atoms with van der Waals surface area (Å²) in [5.41, 5.74) is 2.44. The molecule has 170 valence electrons. The van der Waals surface area contributed by atoms with Crippen LogP contribution in [0.3, 0.4) is 0 Å². The summed E-state index contributed by atoms with van der Waals surface area (Å²) in [5, 5.41) is 6.48. The van der Waals surface area contributed by atoms with Crippen molar-refractivity contribution in [1.29, 1.82) is 0 Å². The molecule has 0 aromatic heterocycles. The first-order chi connectivity index (χ1) is 13.9. The molecule has 2 N–H and O–H groups in total. The van der Waals surface area contributed by atoms with E-state index in [0.29, 0.717) is 38.6 Å². The lowest BCUT2D eigenvalue weighted by atomic mass is 10.1. The maximum absolute atomic E-state index is 12.6. The lowest BCUT2D eigenvalue weighted by Crippen LogP contribution is -2.45. The van der Waals surface area contributed by atoms with Crippen molar-refractivity contribution in [2.45, 2.75) is 51.5 Å². The molecule has 5 nitrogen and oxygen atoms in total. The molecule has 0 aliphatic carbocycles. The van der Waals surface area contributed by atoms with Crippen molar-refractivity contribution < 1.29 is 13.2 Å². The Kier molecular flexibility index (Phi) is 10.2. The average Bonchev–Trinajstić information content (AvgIpc) is 3.32. The van der Waals surface area contributed by atoms with Gasteiger partial charge >= 0.3 is 6.18 Å². The minimum atomic E-state index is -4.14. The number of halogens is 4. The van der Waals surface area contributed by atoms with Gasteiger partial charge in [-0.15, -0.1) is 24.0 Å². The van der Waals surface area contributed by atoms with Gasteiger partial charge in [-0.3, -0.25) is 9.80 Å². The monoisotopic (exact) mass is 539 g/mol. The van der Waals surface area contributed by atoms with Crippen LogP contribution in [0.2, 0.25) is 0 Å². The van der Waals surface area contributed by atoms with E-state index in [1.54, 1.807) is 0 Å². The van der Waals surface area contributed by atoms with Crippen molar-refractivity contribution in [3.05, 3.63) is 35.4 Å². The van der Waals surface area contributed by atoms with Gasteiger partial charge in [0.2, 0.25) is 0 Å². The van der Waals surface area contributed by atoms with Crippen molar-refractivity contribution in [3.63, 3.8) is 0 Å². The largest absolute Gasteiger partial charge is 0.401 e. The van der Waals surface area contributed by atoms with Gasteiger partial charge in [0.1, 0.15) is 0 Å². The van der Waals surface area contributed by atoms with Crippen LogP contribution in [0.1, 0.15) is 37.3 Å². The fraction of sp³-hybridized carbons (Fsp3) is 0.667. The normalized spacial score (nSPS) is 20.9. The number of nitrogens with one attached hydrogen (secondary N) is 2. The highest BCUT2D eigenvalue weighted by Gasteiger charge is 2.34. The van der Waals surface area contributed by atoms with Crippen molar-refractivity contribution in [1.82, 2.24) is 20.4 Å². The number of rotatable bonds is 7. The molecule has 2 aliphatic heterocycles. The van der Waals surface area contributed by atoms with E-state index in [2.05, 4.69) is 44.8 Å². The minimum Gasteiger partial charge on any atom is -0.357 e. The molecule has 2 heterocycles. The van der Waals surface area contributed by atoms with Gasteiger partial charge in [-0.1, -0.05) is 24.3 Å². The number of guanidine groups is 1. The summed E-state index contributed by atoms with van der Waals surface area (Å²) in [7, 11) is 0. The highest BCUT2D eigenvalue weighted by Crippen LogP contribution is 2.20. The molecule has 0 radical (unpaired) electrons. The lowest BCUT2D eigenvalue weighted by Gasteiger charge is -2.19. The van der Waals surface area contributed by atoms with Gasteiger partial charge in [0.05, 0.1) is 13.1 Å². The molecular weight excluding hydrogens is 506 g/mol. The van der Waals surface area contributed by atoms with E-state index in [1.807, 2.05) is 6.92 Å². The predicted molar refractivity (Wildman–Crippen MR) is 125 cm³/mol. The van der Waals surface area contributed by atoms with E-state index in [-0.39, 0.29) is 30.0 Å². The van der Waals surface area contributed by atoms with E-state index >= 15 is 0 Å². The van der Waals surface area contributed by atoms with Crippen LogP contribution in [-0.4, -0.2) is 67.2 Å². The molecule has 0 amide bonds. The minimum absolute atomic E-state index is 0. The quantitative estimate of drug-likeness (QED) is 0.316.